The highest BCUT2D eigenvalue weighted by Crippen LogP contribution is 2.24. The van der Waals surface area contributed by atoms with Crippen LogP contribution in [0.5, 0.6) is 0 Å². The topological polar surface area (TPSA) is 81.0 Å². The van der Waals surface area contributed by atoms with Gasteiger partial charge in [0.2, 0.25) is 0 Å². The monoisotopic (exact) mass is 244 g/mol. The van der Waals surface area contributed by atoms with Gasteiger partial charge in [0.15, 0.2) is 0 Å². The number of aromatic nitrogens is 2. The number of nitrogens with zero attached hydrogens (tertiary/aromatic N) is 3. The fourth-order valence-corrected chi connectivity index (χ4v) is 1.56. The fourth-order valence-electron chi connectivity index (χ4n) is 1.56. The van der Waals surface area contributed by atoms with E-state index in [4.69, 9.17) is 0 Å². The van der Waals surface area contributed by atoms with Gasteiger partial charge in [0.1, 0.15) is 5.82 Å². The number of nitro groups is 1. The van der Waals surface area contributed by atoms with E-state index in [0.29, 0.717) is 18.1 Å². The van der Waals surface area contributed by atoms with Gasteiger partial charge in [-0.2, -0.15) is 0 Å². The average Bonchev–Trinajstić information content (AvgIpc) is 2.40. The van der Waals surface area contributed by atoms with E-state index in [2.05, 4.69) is 15.3 Å². The van der Waals surface area contributed by atoms with Crippen LogP contribution in [0.2, 0.25) is 0 Å². The van der Waals surface area contributed by atoms with Crippen molar-refractivity contribution in [3.05, 3.63) is 46.8 Å². The highest BCUT2D eigenvalue weighted by molar-refractivity contribution is 5.64. The van der Waals surface area contributed by atoms with Crippen LogP contribution >= 0.6 is 0 Å². The number of nitrogens with one attached hydrogen (secondary N) is 1. The molecule has 0 radical (unpaired) electrons. The summed E-state index contributed by atoms with van der Waals surface area (Å²) < 4.78 is 0. The van der Waals surface area contributed by atoms with Gasteiger partial charge in [-0.05, 0) is 19.1 Å². The van der Waals surface area contributed by atoms with Crippen LogP contribution in [0.1, 0.15) is 6.92 Å². The SMILES string of the molecule is CCNc1cc([N+](=O)[O-])cc(-c2cccnc2)n1. The molecule has 0 fully saturated rings. The van der Waals surface area contributed by atoms with Crippen molar-refractivity contribution in [3.8, 4) is 11.3 Å². The third-order valence-electron chi connectivity index (χ3n) is 2.34. The molecule has 2 aromatic rings. The maximum Gasteiger partial charge on any atom is 0.275 e. The van der Waals surface area contributed by atoms with Crippen molar-refractivity contribution in [2.45, 2.75) is 6.92 Å². The van der Waals surface area contributed by atoms with Gasteiger partial charge in [-0.25, -0.2) is 4.98 Å². The predicted octanol–water partition coefficient (Wildman–Crippen LogP) is 2.48. The van der Waals surface area contributed by atoms with Crippen LogP contribution in [0.3, 0.4) is 0 Å². The molecule has 6 nitrogen and oxygen atoms in total. The lowest BCUT2D eigenvalue weighted by molar-refractivity contribution is -0.384. The summed E-state index contributed by atoms with van der Waals surface area (Å²) in [5.74, 6) is 0.491. The smallest absolute Gasteiger partial charge is 0.275 e. The molecule has 6 heteroatoms. The highest BCUT2D eigenvalue weighted by Gasteiger charge is 2.12. The van der Waals surface area contributed by atoms with E-state index in [1.807, 2.05) is 13.0 Å². The summed E-state index contributed by atoms with van der Waals surface area (Å²) in [6.45, 7) is 2.56. The van der Waals surface area contributed by atoms with Gasteiger partial charge < -0.3 is 5.32 Å². The molecule has 1 N–H and O–H groups in total. The van der Waals surface area contributed by atoms with Crippen molar-refractivity contribution in [1.82, 2.24) is 9.97 Å². The van der Waals surface area contributed by atoms with E-state index in [1.54, 1.807) is 18.5 Å². The average molecular weight is 244 g/mol. The van der Waals surface area contributed by atoms with Gasteiger partial charge in [-0.1, -0.05) is 0 Å². The molecule has 92 valence electrons. The van der Waals surface area contributed by atoms with Crippen molar-refractivity contribution < 1.29 is 4.92 Å². The minimum absolute atomic E-state index is 0.0137. The van der Waals surface area contributed by atoms with Crippen LogP contribution in [-0.4, -0.2) is 21.4 Å². The van der Waals surface area contributed by atoms with E-state index in [9.17, 15) is 10.1 Å². The van der Waals surface area contributed by atoms with Gasteiger partial charge >= 0.3 is 0 Å². The molecule has 0 amide bonds. The van der Waals surface area contributed by atoms with Crippen molar-refractivity contribution in [2.24, 2.45) is 0 Å². The molecule has 18 heavy (non-hydrogen) atoms. The summed E-state index contributed by atoms with van der Waals surface area (Å²) >= 11 is 0. The largest absolute Gasteiger partial charge is 0.370 e. The minimum atomic E-state index is -0.428. The maximum absolute atomic E-state index is 10.9. The van der Waals surface area contributed by atoms with Gasteiger partial charge in [0.25, 0.3) is 5.69 Å². The Kier molecular flexibility index (Phi) is 3.47. The molecule has 0 aliphatic carbocycles. The second-order valence-electron chi connectivity index (χ2n) is 3.62. The van der Waals surface area contributed by atoms with Crippen molar-refractivity contribution in [3.63, 3.8) is 0 Å². The van der Waals surface area contributed by atoms with E-state index in [-0.39, 0.29) is 5.69 Å². The van der Waals surface area contributed by atoms with Crippen LogP contribution in [0, 0.1) is 10.1 Å². The lowest BCUT2D eigenvalue weighted by Gasteiger charge is -2.05. The molecule has 2 rings (SSSR count). The van der Waals surface area contributed by atoms with Crippen molar-refractivity contribution in [1.29, 1.82) is 0 Å². The van der Waals surface area contributed by atoms with E-state index < -0.39 is 4.92 Å². The minimum Gasteiger partial charge on any atom is -0.370 e. The van der Waals surface area contributed by atoms with Gasteiger partial charge in [-0.15, -0.1) is 0 Å². The van der Waals surface area contributed by atoms with Crippen LogP contribution in [0.4, 0.5) is 11.5 Å². The van der Waals surface area contributed by atoms with Gasteiger partial charge in [-0.3, -0.25) is 15.1 Å². The molecule has 0 aromatic carbocycles. The Morgan fingerprint density at radius 1 is 1.44 bits per heavy atom. The molecule has 0 aliphatic heterocycles. The van der Waals surface area contributed by atoms with Crippen LogP contribution in [0.15, 0.2) is 36.7 Å². The standard InChI is InChI=1S/C12H12N4O2/c1-2-14-12-7-10(16(17)18)6-11(15-12)9-4-3-5-13-8-9/h3-8H,2H2,1H3,(H,14,15). The predicted molar refractivity (Wildman–Crippen MR) is 68.3 cm³/mol. The zero-order valence-corrected chi connectivity index (χ0v) is 9.83. The molecule has 0 bridgehead atoms. The summed E-state index contributed by atoms with van der Waals surface area (Å²) in [5, 5.41) is 13.9. The van der Waals surface area contributed by atoms with Crippen LogP contribution in [0.25, 0.3) is 11.3 Å². The lowest BCUT2D eigenvalue weighted by atomic mass is 10.2. The third kappa shape index (κ3) is 2.60. The second-order valence-corrected chi connectivity index (χ2v) is 3.62. The Hall–Kier alpha value is -2.50. The third-order valence-corrected chi connectivity index (χ3v) is 2.34. The Morgan fingerprint density at radius 2 is 2.28 bits per heavy atom. The molecule has 2 heterocycles. The van der Waals surface area contributed by atoms with Crippen molar-refractivity contribution >= 4 is 11.5 Å². The Bertz CT molecular complexity index is 557. The van der Waals surface area contributed by atoms with Crippen molar-refractivity contribution in [2.75, 3.05) is 11.9 Å². The number of hydrogen-bond acceptors (Lipinski definition) is 5. The van der Waals surface area contributed by atoms with E-state index in [1.165, 1.54) is 12.1 Å². The molecule has 2 aromatic heterocycles. The normalized spacial score (nSPS) is 10.1. The van der Waals surface area contributed by atoms with Gasteiger partial charge in [0, 0.05) is 30.6 Å². The summed E-state index contributed by atoms with van der Waals surface area (Å²) in [6.07, 6.45) is 3.27. The summed E-state index contributed by atoms with van der Waals surface area (Å²) in [5.41, 5.74) is 1.30. The number of anilines is 1. The van der Waals surface area contributed by atoms with Crippen LogP contribution in [-0.2, 0) is 0 Å². The molecule has 0 atom stereocenters. The summed E-state index contributed by atoms with van der Waals surface area (Å²) in [7, 11) is 0. The molecule has 0 aliphatic rings. The zero-order valence-electron chi connectivity index (χ0n) is 9.83. The highest BCUT2D eigenvalue weighted by atomic mass is 16.6. The lowest BCUT2D eigenvalue weighted by Crippen LogP contribution is -2.01. The molecular weight excluding hydrogens is 232 g/mol. The first kappa shape index (κ1) is 12.0. The second kappa shape index (κ2) is 5.22. The number of pyridine rings is 2. The molecule has 0 spiro atoms. The molecule has 0 unspecified atom stereocenters. The van der Waals surface area contributed by atoms with Gasteiger partial charge in [0.05, 0.1) is 16.7 Å². The molecule has 0 saturated carbocycles. The Balaban J connectivity index is 2.50. The van der Waals surface area contributed by atoms with E-state index in [0.717, 1.165) is 5.56 Å². The number of rotatable bonds is 4. The first-order valence-corrected chi connectivity index (χ1v) is 5.51. The Labute approximate surface area is 104 Å². The maximum atomic E-state index is 10.9. The Morgan fingerprint density at radius 3 is 2.89 bits per heavy atom. The zero-order chi connectivity index (χ0) is 13.0. The van der Waals surface area contributed by atoms with Crippen LogP contribution < -0.4 is 5.32 Å². The first-order chi connectivity index (χ1) is 8.70. The quantitative estimate of drug-likeness (QED) is 0.660. The first-order valence-electron chi connectivity index (χ1n) is 5.51. The van der Waals surface area contributed by atoms with E-state index >= 15 is 0 Å². The fraction of sp³-hybridized carbons (Fsp3) is 0.167. The summed E-state index contributed by atoms with van der Waals surface area (Å²) in [4.78, 5) is 18.7. The number of hydrogen-bond donors (Lipinski definition) is 1. The molecule has 0 saturated heterocycles. The summed E-state index contributed by atoms with van der Waals surface area (Å²) in [6, 6.07) is 6.44. The molecular formula is C12H12N4O2.